The number of para-hydroxylation sites is 1. The molecule has 0 amide bonds. The quantitative estimate of drug-likeness (QED) is 0.688. The molecule has 5 nitrogen and oxygen atoms in total. The number of pyridine rings is 1. The molecule has 1 fully saturated rings. The molecule has 6 heteroatoms. The van der Waals surface area contributed by atoms with Crippen LogP contribution in [-0.2, 0) is 6.54 Å². The van der Waals surface area contributed by atoms with Crippen molar-refractivity contribution in [3.05, 3.63) is 59.7 Å². The van der Waals surface area contributed by atoms with Crippen LogP contribution in [0, 0.1) is 12.7 Å². The van der Waals surface area contributed by atoms with Gasteiger partial charge in [0.25, 0.3) is 0 Å². The molecule has 1 saturated heterocycles. The van der Waals surface area contributed by atoms with Crippen molar-refractivity contribution in [2.45, 2.75) is 13.5 Å². The van der Waals surface area contributed by atoms with E-state index in [-0.39, 0.29) is 5.82 Å². The van der Waals surface area contributed by atoms with Crippen molar-refractivity contribution < 1.29 is 4.39 Å². The van der Waals surface area contributed by atoms with E-state index >= 15 is 0 Å². The van der Waals surface area contributed by atoms with Gasteiger partial charge in [-0.15, -0.1) is 0 Å². The largest absolute Gasteiger partial charge is 0.366 e. The van der Waals surface area contributed by atoms with Crippen molar-refractivity contribution in [1.82, 2.24) is 15.2 Å². The number of halogens is 1. The Labute approximate surface area is 148 Å². The number of guanidine groups is 1. The van der Waals surface area contributed by atoms with Gasteiger partial charge in [0.05, 0.1) is 17.9 Å². The fraction of sp³-hybridized carbons (Fsp3) is 0.368. The Morgan fingerprint density at radius 3 is 2.60 bits per heavy atom. The first-order chi connectivity index (χ1) is 12.2. The number of benzene rings is 1. The van der Waals surface area contributed by atoms with Crippen molar-refractivity contribution in [2.24, 2.45) is 4.99 Å². The van der Waals surface area contributed by atoms with E-state index in [9.17, 15) is 4.39 Å². The second-order valence-corrected chi connectivity index (χ2v) is 6.09. The summed E-state index contributed by atoms with van der Waals surface area (Å²) >= 11 is 0. The van der Waals surface area contributed by atoms with Gasteiger partial charge in [-0.3, -0.25) is 9.98 Å². The predicted octanol–water partition coefficient (Wildman–Crippen LogP) is 2.43. The van der Waals surface area contributed by atoms with Crippen LogP contribution in [0.2, 0.25) is 0 Å². The summed E-state index contributed by atoms with van der Waals surface area (Å²) in [4.78, 5) is 13.1. The van der Waals surface area contributed by atoms with Crippen LogP contribution in [0.1, 0.15) is 11.3 Å². The minimum Gasteiger partial charge on any atom is -0.366 e. The van der Waals surface area contributed by atoms with Crippen LogP contribution in [0.25, 0.3) is 0 Å². The van der Waals surface area contributed by atoms with Crippen LogP contribution in [0.3, 0.4) is 0 Å². The minimum atomic E-state index is -0.163. The maximum atomic E-state index is 13.9. The molecule has 1 aromatic carbocycles. The molecule has 0 spiro atoms. The number of hydrogen-bond donors (Lipinski definition) is 1. The van der Waals surface area contributed by atoms with E-state index in [0.29, 0.717) is 12.2 Å². The first-order valence-electron chi connectivity index (χ1n) is 8.54. The summed E-state index contributed by atoms with van der Waals surface area (Å²) in [5.74, 6) is 0.697. The lowest BCUT2D eigenvalue weighted by atomic mass is 10.2. The predicted molar refractivity (Wildman–Crippen MR) is 99.4 cm³/mol. The van der Waals surface area contributed by atoms with Crippen molar-refractivity contribution in [1.29, 1.82) is 0 Å². The number of hydrogen-bond acceptors (Lipinski definition) is 3. The summed E-state index contributed by atoms with van der Waals surface area (Å²) in [6.45, 7) is 5.84. The average molecular weight is 341 g/mol. The summed E-state index contributed by atoms with van der Waals surface area (Å²) in [6.07, 6.45) is 1.81. The van der Waals surface area contributed by atoms with Crippen LogP contribution in [-0.4, -0.2) is 49.1 Å². The van der Waals surface area contributed by atoms with Crippen molar-refractivity contribution in [3.63, 3.8) is 0 Å². The molecule has 1 aliphatic rings. The average Bonchev–Trinajstić information content (AvgIpc) is 2.65. The summed E-state index contributed by atoms with van der Waals surface area (Å²) in [5, 5.41) is 3.38. The van der Waals surface area contributed by atoms with Crippen molar-refractivity contribution in [2.75, 3.05) is 38.1 Å². The molecule has 0 unspecified atom stereocenters. The Morgan fingerprint density at radius 1 is 1.16 bits per heavy atom. The van der Waals surface area contributed by atoms with Crippen LogP contribution < -0.4 is 10.2 Å². The van der Waals surface area contributed by atoms with E-state index in [4.69, 9.17) is 0 Å². The van der Waals surface area contributed by atoms with E-state index < -0.39 is 0 Å². The topological polar surface area (TPSA) is 43.8 Å². The molecule has 0 saturated carbocycles. The lowest BCUT2D eigenvalue weighted by molar-refractivity contribution is 0.370. The van der Waals surface area contributed by atoms with Crippen molar-refractivity contribution >= 4 is 11.6 Å². The number of aliphatic imine (C=N–C) groups is 1. The fourth-order valence-corrected chi connectivity index (χ4v) is 3.07. The highest BCUT2D eigenvalue weighted by Gasteiger charge is 2.21. The highest BCUT2D eigenvalue weighted by Crippen LogP contribution is 2.20. The second kappa shape index (κ2) is 7.96. The van der Waals surface area contributed by atoms with Gasteiger partial charge in [0.1, 0.15) is 5.82 Å². The summed E-state index contributed by atoms with van der Waals surface area (Å²) < 4.78 is 13.9. The summed E-state index contributed by atoms with van der Waals surface area (Å²) in [6, 6.07) is 10.9. The Balaban J connectivity index is 1.57. The number of nitrogens with one attached hydrogen (secondary N) is 1. The molecule has 0 bridgehead atoms. The SMILES string of the molecule is CN=C(NCc1ncccc1C)N1CCN(c2ccccc2F)CC1. The lowest BCUT2D eigenvalue weighted by Crippen LogP contribution is -2.52. The monoisotopic (exact) mass is 341 g/mol. The molecule has 3 rings (SSSR count). The Hall–Kier alpha value is -2.63. The van der Waals surface area contributed by atoms with E-state index in [0.717, 1.165) is 43.4 Å². The molecule has 1 N–H and O–H groups in total. The van der Waals surface area contributed by atoms with Crippen LogP contribution in [0.5, 0.6) is 0 Å². The molecule has 1 aromatic heterocycles. The fourth-order valence-electron chi connectivity index (χ4n) is 3.07. The normalized spacial score (nSPS) is 15.4. The molecule has 2 heterocycles. The summed E-state index contributed by atoms with van der Waals surface area (Å²) in [5.41, 5.74) is 2.86. The van der Waals surface area contributed by atoms with E-state index in [1.165, 1.54) is 6.07 Å². The maximum absolute atomic E-state index is 13.9. The number of anilines is 1. The number of nitrogens with zero attached hydrogens (tertiary/aromatic N) is 4. The van der Waals surface area contributed by atoms with Crippen molar-refractivity contribution in [3.8, 4) is 0 Å². The zero-order valence-electron chi connectivity index (χ0n) is 14.7. The second-order valence-electron chi connectivity index (χ2n) is 6.09. The molecule has 25 heavy (non-hydrogen) atoms. The highest BCUT2D eigenvalue weighted by atomic mass is 19.1. The van der Waals surface area contributed by atoms with Gasteiger partial charge in [0.15, 0.2) is 5.96 Å². The molecular weight excluding hydrogens is 317 g/mol. The molecule has 0 aliphatic carbocycles. The smallest absolute Gasteiger partial charge is 0.194 e. The number of aryl methyl sites for hydroxylation is 1. The first-order valence-corrected chi connectivity index (χ1v) is 8.54. The van der Waals surface area contributed by atoms with Gasteiger partial charge in [0.2, 0.25) is 0 Å². The Morgan fingerprint density at radius 2 is 1.92 bits per heavy atom. The van der Waals surface area contributed by atoms with E-state index in [1.807, 2.05) is 18.2 Å². The van der Waals surface area contributed by atoms with Gasteiger partial charge < -0.3 is 15.1 Å². The van der Waals surface area contributed by atoms with E-state index in [1.54, 1.807) is 19.3 Å². The minimum absolute atomic E-state index is 0.163. The van der Waals surface area contributed by atoms with E-state index in [2.05, 4.69) is 38.1 Å². The zero-order valence-corrected chi connectivity index (χ0v) is 14.7. The summed E-state index contributed by atoms with van der Waals surface area (Å²) in [7, 11) is 1.79. The van der Waals surface area contributed by atoms with Crippen LogP contribution >= 0.6 is 0 Å². The zero-order chi connectivity index (χ0) is 17.6. The van der Waals surface area contributed by atoms with Crippen LogP contribution in [0.4, 0.5) is 10.1 Å². The van der Waals surface area contributed by atoms with Gasteiger partial charge in [-0.25, -0.2) is 4.39 Å². The number of aromatic nitrogens is 1. The maximum Gasteiger partial charge on any atom is 0.194 e. The lowest BCUT2D eigenvalue weighted by Gasteiger charge is -2.37. The molecule has 0 radical (unpaired) electrons. The molecule has 132 valence electrons. The third kappa shape index (κ3) is 4.07. The van der Waals surface area contributed by atoms with Gasteiger partial charge in [0, 0.05) is 39.4 Å². The molecular formula is C19H24FN5. The first kappa shape index (κ1) is 17.2. The standard InChI is InChI=1S/C19H24FN5/c1-15-6-5-9-22-17(15)14-23-19(21-2)25-12-10-24(11-13-25)18-8-4-3-7-16(18)20/h3-9H,10-14H2,1-2H3,(H,21,23). The van der Waals surface area contributed by atoms with Gasteiger partial charge in [-0.2, -0.15) is 0 Å². The van der Waals surface area contributed by atoms with Crippen LogP contribution in [0.15, 0.2) is 47.6 Å². The van der Waals surface area contributed by atoms with Gasteiger partial charge >= 0.3 is 0 Å². The third-order valence-electron chi connectivity index (χ3n) is 4.52. The Bertz CT molecular complexity index is 738. The number of rotatable bonds is 3. The molecule has 0 atom stereocenters. The highest BCUT2D eigenvalue weighted by molar-refractivity contribution is 5.80. The third-order valence-corrected chi connectivity index (χ3v) is 4.52. The Kier molecular flexibility index (Phi) is 5.48. The van der Waals surface area contributed by atoms with Gasteiger partial charge in [-0.1, -0.05) is 18.2 Å². The number of piperazine rings is 1. The van der Waals surface area contributed by atoms with Gasteiger partial charge in [-0.05, 0) is 30.7 Å². The molecule has 1 aliphatic heterocycles. The molecule has 2 aromatic rings.